The first-order valence-corrected chi connectivity index (χ1v) is 17.9. The Balaban J connectivity index is 1.60. The van der Waals surface area contributed by atoms with E-state index in [1.54, 1.807) is 48.5 Å². The highest BCUT2D eigenvalue weighted by Gasteiger charge is 2.67. The standard InChI is InChI=1S/C46H41NO8/c1-51-37-20-17-32(24-39(37)53-3)36-26-46(50,35-19-16-29-11-7-9-13-31(29)23-35)42(43(48)34-15-14-28-10-6-8-12-30(28)22-34)41(45(36,27-47)44(49)55-5)33-18-21-38(52-2)40(25-33)54-4/h6-25,36,41-42,50H,26H2,1-5H3/t36-,41+,42+,45+,46-/m0/s1. The number of Topliss-reactive ketones (excluding diaryl/α,β-unsaturated/α-hetero) is 1. The van der Waals surface area contributed by atoms with Crippen LogP contribution in [0.4, 0.5) is 0 Å². The molecule has 278 valence electrons. The van der Waals surface area contributed by atoms with E-state index in [1.165, 1.54) is 35.5 Å². The lowest BCUT2D eigenvalue weighted by molar-refractivity contribution is -0.162. The van der Waals surface area contributed by atoms with Crippen molar-refractivity contribution in [3.05, 3.63) is 144 Å². The summed E-state index contributed by atoms with van der Waals surface area (Å²) in [6.07, 6.45) is -0.211. The third-order valence-corrected chi connectivity index (χ3v) is 11.3. The van der Waals surface area contributed by atoms with Crippen molar-refractivity contribution < 1.29 is 38.4 Å². The minimum Gasteiger partial charge on any atom is -0.493 e. The van der Waals surface area contributed by atoms with Crippen molar-refractivity contribution in [1.29, 1.82) is 5.26 Å². The number of fused-ring (bicyclic) bond motifs is 2. The van der Waals surface area contributed by atoms with Gasteiger partial charge in [0, 0.05) is 17.4 Å². The van der Waals surface area contributed by atoms with Crippen LogP contribution in [0.25, 0.3) is 21.5 Å². The number of esters is 1. The normalized spacial score (nSPS) is 22.0. The number of hydrogen-bond donors (Lipinski definition) is 1. The van der Waals surface area contributed by atoms with Crippen molar-refractivity contribution in [1.82, 2.24) is 0 Å². The minimum absolute atomic E-state index is 0.211. The zero-order chi connectivity index (χ0) is 38.9. The average molecular weight is 736 g/mol. The Morgan fingerprint density at radius 1 is 0.636 bits per heavy atom. The summed E-state index contributed by atoms with van der Waals surface area (Å²) in [5.74, 6) is -3.52. The van der Waals surface area contributed by atoms with Crippen LogP contribution < -0.4 is 18.9 Å². The van der Waals surface area contributed by atoms with Gasteiger partial charge in [0.05, 0.1) is 47.5 Å². The maximum atomic E-state index is 15.6. The summed E-state index contributed by atoms with van der Waals surface area (Å²) in [4.78, 5) is 30.3. The quantitative estimate of drug-likeness (QED) is 0.109. The molecule has 6 aromatic rings. The Morgan fingerprint density at radius 2 is 1.16 bits per heavy atom. The van der Waals surface area contributed by atoms with Crippen molar-refractivity contribution in [3.8, 4) is 29.1 Å². The first-order valence-electron chi connectivity index (χ1n) is 17.9. The molecule has 0 aliphatic heterocycles. The molecule has 5 atom stereocenters. The van der Waals surface area contributed by atoms with Crippen molar-refractivity contribution in [2.24, 2.45) is 11.3 Å². The highest BCUT2D eigenvalue weighted by Crippen LogP contribution is 2.64. The number of benzene rings is 6. The topological polar surface area (TPSA) is 124 Å². The molecular weight excluding hydrogens is 695 g/mol. The lowest BCUT2D eigenvalue weighted by atomic mass is 9.47. The van der Waals surface area contributed by atoms with E-state index in [4.69, 9.17) is 23.7 Å². The third kappa shape index (κ3) is 6.09. The van der Waals surface area contributed by atoms with Gasteiger partial charge in [-0.25, -0.2) is 0 Å². The molecule has 0 saturated heterocycles. The van der Waals surface area contributed by atoms with E-state index >= 15 is 4.79 Å². The lowest BCUT2D eigenvalue weighted by Crippen LogP contribution is -2.59. The molecule has 1 N–H and O–H groups in total. The van der Waals surface area contributed by atoms with Gasteiger partial charge >= 0.3 is 5.97 Å². The second-order valence-corrected chi connectivity index (χ2v) is 13.8. The molecule has 1 aliphatic carbocycles. The zero-order valence-corrected chi connectivity index (χ0v) is 31.2. The second-order valence-electron chi connectivity index (χ2n) is 13.8. The predicted octanol–water partition coefficient (Wildman–Crippen LogP) is 8.37. The Labute approximate surface area is 319 Å². The molecule has 0 unspecified atom stereocenters. The molecule has 1 aliphatic rings. The molecule has 6 aromatic carbocycles. The number of nitrogens with zero attached hydrogens (tertiary/aromatic N) is 1. The van der Waals surface area contributed by atoms with Crippen molar-refractivity contribution >= 4 is 33.3 Å². The molecule has 0 radical (unpaired) electrons. The molecule has 55 heavy (non-hydrogen) atoms. The average Bonchev–Trinajstić information content (AvgIpc) is 3.24. The predicted molar refractivity (Wildman–Crippen MR) is 209 cm³/mol. The molecule has 7 rings (SSSR count). The molecule has 0 aromatic heterocycles. The van der Waals surface area contributed by atoms with Gasteiger partial charge in [0.25, 0.3) is 0 Å². The molecule has 1 saturated carbocycles. The lowest BCUT2D eigenvalue weighted by Gasteiger charge is -2.54. The van der Waals surface area contributed by atoms with E-state index < -0.39 is 40.5 Å². The summed E-state index contributed by atoms with van der Waals surface area (Å²) in [6, 6.07) is 39.0. The fourth-order valence-corrected chi connectivity index (χ4v) is 8.58. The van der Waals surface area contributed by atoms with Gasteiger partial charge in [-0.2, -0.15) is 5.26 Å². The molecule has 0 heterocycles. The minimum atomic E-state index is -2.08. The van der Waals surface area contributed by atoms with Gasteiger partial charge in [-0.15, -0.1) is 0 Å². The second kappa shape index (κ2) is 14.8. The SMILES string of the molecule is COC(=O)[C@@]1(C#N)[C@H](c2ccc(OC)c(OC)c2)[C@H](C(=O)c2ccc3ccccc3c2)[C@@](O)(c2ccc3ccccc3c2)C[C@H]1c1ccc(OC)c(OC)c1. The molecule has 9 heteroatoms. The fraction of sp³-hybridized carbons (Fsp3) is 0.239. The van der Waals surface area contributed by atoms with E-state index in [0.717, 1.165) is 21.5 Å². The number of methoxy groups -OCH3 is 5. The highest BCUT2D eigenvalue weighted by atomic mass is 16.5. The molecule has 1 fully saturated rings. The highest BCUT2D eigenvalue weighted by molar-refractivity contribution is 6.03. The first kappa shape index (κ1) is 37.0. The summed E-state index contributed by atoms with van der Waals surface area (Å²) in [6.45, 7) is 0. The number of ether oxygens (including phenoxy) is 5. The van der Waals surface area contributed by atoms with Crippen molar-refractivity contribution in [2.45, 2.75) is 23.9 Å². The van der Waals surface area contributed by atoms with Gasteiger partial charge in [0.2, 0.25) is 0 Å². The molecule has 0 spiro atoms. The van der Waals surface area contributed by atoms with Gasteiger partial charge in [0.15, 0.2) is 34.2 Å². The number of carbonyl (C=O) groups is 2. The van der Waals surface area contributed by atoms with Crippen LogP contribution in [-0.4, -0.2) is 52.4 Å². The van der Waals surface area contributed by atoms with Crippen molar-refractivity contribution in [2.75, 3.05) is 35.5 Å². The summed E-state index contributed by atoms with van der Waals surface area (Å²) in [5.41, 5.74) is -2.36. The Bertz CT molecular complexity index is 2470. The fourth-order valence-electron chi connectivity index (χ4n) is 8.58. The monoisotopic (exact) mass is 735 g/mol. The largest absolute Gasteiger partial charge is 0.493 e. The van der Waals surface area contributed by atoms with Crippen LogP contribution in [0.2, 0.25) is 0 Å². The van der Waals surface area contributed by atoms with Gasteiger partial charge in [-0.1, -0.05) is 84.9 Å². The van der Waals surface area contributed by atoms with Gasteiger partial charge < -0.3 is 28.8 Å². The first-order chi connectivity index (χ1) is 26.7. The smallest absolute Gasteiger partial charge is 0.327 e. The number of aliphatic hydroxyl groups is 1. The molecule has 0 amide bonds. The number of carbonyl (C=O) groups excluding carboxylic acids is 2. The number of rotatable bonds is 10. The number of nitriles is 1. The number of ketones is 1. The van der Waals surface area contributed by atoms with Crippen LogP contribution >= 0.6 is 0 Å². The molecule has 9 nitrogen and oxygen atoms in total. The summed E-state index contributed by atoms with van der Waals surface area (Å²) < 4.78 is 28.1. The summed E-state index contributed by atoms with van der Waals surface area (Å²) >= 11 is 0. The maximum Gasteiger partial charge on any atom is 0.327 e. The van der Waals surface area contributed by atoms with E-state index in [-0.39, 0.29) is 6.42 Å². The van der Waals surface area contributed by atoms with Crippen LogP contribution in [0.15, 0.2) is 121 Å². The van der Waals surface area contributed by atoms with E-state index in [9.17, 15) is 15.2 Å². The Hall–Kier alpha value is -6.37. The van der Waals surface area contributed by atoms with Crippen LogP contribution in [0.3, 0.4) is 0 Å². The zero-order valence-electron chi connectivity index (χ0n) is 31.2. The van der Waals surface area contributed by atoms with Crippen LogP contribution in [0, 0.1) is 22.7 Å². The van der Waals surface area contributed by atoms with Crippen LogP contribution in [0.1, 0.15) is 45.3 Å². The van der Waals surface area contributed by atoms with Gasteiger partial charge in [-0.3, -0.25) is 9.59 Å². The van der Waals surface area contributed by atoms with E-state index in [0.29, 0.717) is 45.3 Å². The number of hydrogen-bond acceptors (Lipinski definition) is 9. The van der Waals surface area contributed by atoms with Crippen molar-refractivity contribution in [3.63, 3.8) is 0 Å². The van der Waals surface area contributed by atoms with Crippen LogP contribution in [0.5, 0.6) is 23.0 Å². The Morgan fingerprint density at radius 3 is 1.73 bits per heavy atom. The maximum absolute atomic E-state index is 15.6. The molecular formula is C46H41NO8. The molecule has 0 bridgehead atoms. The summed E-state index contributed by atoms with van der Waals surface area (Å²) in [7, 11) is 7.22. The van der Waals surface area contributed by atoms with Gasteiger partial charge in [-0.05, 0) is 81.1 Å². The van der Waals surface area contributed by atoms with Gasteiger partial charge in [0.1, 0.15) is 5.60 Å². The Kier molecular flexibility index (Phi) is 9.95. The van der Waals surface area contributed by atoms with E-state index in [2.05, 4.69) is 6.07 Å². The summed E-state index contributed by atoms with van der Waals surface area (Å²) in [5, 5.41) is 28.9. The van der Waals surface area contributed by atoms with Crippen LogP contribution in [-0.2, 0) is 15.1 Å². The third-order valence-electron chi connectivity index (χ3n) is 11.3. The van der Waals surface area contributed by atoms with E-state index in [1.807, 2.05) is 72.8 Å².